The fourth-order valence-electron chi connectivity index (χ4n) is 7.51. The fourth-order valence-corrected chi connectivity index (χ4v) is 7.51. The predicted octanol–water partition coefficient (Wildman–Crippen LogP) is 13.1. The van der Waals surface area contributed by atoms with Crippen LogP contribution in [0.2, 0.25) is 0 Å². The molecule has 0 heterocycles. The van der Waals surface area contributed by atoms with Gasteiger partial charge in [0.15, 0.2) is 11.6 Å². The maximum atomic E-state index is 15.4. The predicted molar refractivity (Wildman–Crippen MR) is 186 cm³/mol. The molecule has 1 fully saturated rings. The van der Waals surface area contributed by atoms with Crippen LogP contribution in [-0.2, 0) is 0 Å². The van der Waals surface area contributed by atoms with Crippen molar-refractivity contribution in [2.45, 2.75) is 104 Å². The van der Waals surface area contributed by atoms with Gasteiger partial charge in [0.2, 0.25) is 5.82 Å². The lowest BCUT2D eigenvalue weighted by Crippen LogP contribution is -2.22. The zero-order valence-corrected chi connectivity index (χ0v) is 27.8. The Hall–Kier alpha value is -3.27. The van der Waals surface area contributed by atoms with Gasteiger partial charge in [-0.1, -0.05) is 100 Å². The number of benzene rings is 3. The van der Waals surface area contributed by atoms with E-state index in [4.69, 9.17) is 4.74 Å². The van der Waals surface area contributed by atoms with Crippen molar-refractivity contribution < 1.29 is 17.9 Å². The normalized spacial score (nSPS) is 20.2. The summed E-state index contributed by atoms with van der Waals surface area (Å²) in [5, 5.41) is 0. The van der Waals surface area contributed by atoms with Gasteiger partial charge < -0.3 is 4.74 Å². The monoisotopic (exact) mass is 628 g/mol. The molecule has 0 spiro atoms. The van der Waals surface area contributed by atoms with E-state index in [0.29, 0.717) is 23.3 Å². The molecule has 2 aliphatic rings. The summed E-state index contributed by atoms with van der Waals surface area (Å²) in [4.78, 5) is 0. The Labute approximate surface area is 275 Å². The molecule has 0 aromatic heterocycles. The second-order valence-corrected chi connectivity index (χ2v) is 13.4. The van der Waals surface area contributed by atoms with Crippen molar-refractivity contribution >= 4 is 5.57 Å². The first kappa shape index (κ1) is 34.1. The van der Waals surface area contributed by atoms with Gasteiger partial charge in [0.1, 0.15) is 5.82 Å². The van der Waals surface area contributed by atoms with Gasteiger partial charge in [0.25, 0.3) is 0 Å². The molecule has 0 aliphatic heterocycles. The van der Waals surface area contributed by atoms with Gasteiger partial charge in [-0.2, -0.15) is 4.39 Å². The molecule has 1 unspecified atom stereocenters. The van der Waals surface area contributed by atoms with Crippen LogP contribution in [0.25, 0.3) is 27.8 Å². The van der Waals surface area contributed by atoms with Gasteiger partial charge >= 0.3 is 0 Å². The molecule has 0 N–H and O–H groups in total. The van der Waals surface area contributed by atoms with Gasteiger partial charge in [0.05, 0.1) is 6.61 Å². The zero-order valence-electron chi connectivity index (χ0n) is 27.8. The van der Waals surface area contributed by atoms with Crippen LogP contribution < -0.4 is 4.74 Å². The summed E-state index contributed by atoms with van der Waals surface area (Å²) < 4.78 is 50.9. The van der Waals surface area contributed by atoms with Gasteiger partial charge in [-0.05, 0) is 117 Å². The van der Waals surface area contributed by atoms with Gasteiger partial charge in [-0.3, -0.25) is 0 Å². The number of rotatable bonds is 14. The smallest absolute Gasteiger partial charge is 0.201 e. The molecule has 1 saturated carbocycles. The molecule has 2 aliphatic carbocycles. The highest BCUT2D eigenvalue weighted by molar-refractivity contribution is 5.74. The maximum absolute atomic E-state index is 15.4. The summed E-state index contributed by atoms with van der Waals surface area (Å²) in [7, 11) is 0. The SMILES string of the molecule is C/C=C/C1CCC(C2CC=C(c3ccc(-c4ccc(-c5ccc(OCCCCCCCCC)c(F)c5F)cc4)c(F)c3)CC2)CC1. The lowest BCUT2D eigenvalue weighted by molar-refractivity contribution is 0.212. The molecule has 3 aromatic rings. The second kappa shape index (κ2) is 17.0. The Bertz CT molecular complexity index is 1460. The third-order valence-corrected chi connectivity index (χ3v) is 10.3. The van der Waals surface area contributed by atoms with Crippen molar-refractivity contribution in [2.24, 2.45) is 17.8 Å². The summed E-state index contributed by atoms with van der Waals surface area (Å²) in [6, 6.07) is 15.5. The van der Waals surface area contributed by atoms with Crippen LogP contribution in [0.3, 0.4) is 0 Å². The molecular weight excluding hydrogens is 577 g/mol. The topological polar surface area (TPSA) is 9.23 Å². The van der Waals surface area contributed by atoms with Gasteiger partial charge in [0, 0.05) is 11.1 Å². The largest absolute Gasteiger partial charge is 0.490 e. The van der Waals surface area contributed by atoms with Gasteiger partial charge in [-0.15, -0.1) is 0 Å². The Morgan fingerprint density at radius 3 is 2.00 bits per heavy atom. The van der Waals surface area contributed by atoms with Crippen molar-refractivity contribution in [3.05, 3.63) is 95.8 Å². The summed E-state index contributed by atoms with van der Waals surface area (Å²) >= 11 is 0. The van der Waals surface area contributed by atoms with Crippen LogP contribution in [0.4, 0.5) is 13.2 Å². The molecule has 0 saturated heterocycles. The lowest BCUT2D eigenvalue weighted by Gasteiger charge is -2.34. The molecule has 4 heteroatoms. The Morgan fingerprint density at radius 1 is 0.696 bits per heavy atom. The van der Waals surface area contributed by atoms with Crippen LogP contribution >= 0.6 is 0 Å². The Balaban J connectivity index is 1.16. The molecule has 0 radical (unpaired) electrons. The minimum Gasteiger partial charge on any atom is -0.490 e. The molecule has 0 bridgehead atoms. The lowest BCUT2D eigenvalue weighted by atomic mass is 9.71. The number of unbranched alkanes of at least 4 members (excludes halogenated alkanes) is 6. The zero-order chi connectivity index (χ0) is 32.3. The average Bonchev–Trinajstić information content (AvgIpc) is 3.08. The first-order valence-corrected chi connectivity index (χ1v) is 17.8. The van der Waals surface area contributed by atoms with Crippen LogP contribution in [0, 0.1) is 35.2 Å². The van der Waals surface area contributed by atoms with Crippen LogP contribution in [0.15, 0.2) is 72.8 Å². The van der Waals surface area contributed by atoms with E-state index in [0.717, 1.165) is 55.4 Å². The number of hydrogen-bond donors (Lipinski definition) is 0. The standard InChI is InChI=1S/C42H51F3O/c1-3-5-6-7-8-9-10-28-46-40-27-26-38(41(44)42(40)45)35-22-20-34(21-23-35)37-25-24-36(29-39(37)43)33-18-16-32(17-19-33)31-14-12-30(11-4-2)13-15-31/h4,11,18,20-27,29-32H,3,5-10,12-17,19,28H2,1-2H3/b11-4+. The van der Waals surface area contributed by atoms with E-state index < -0.39 is 11.6 Å². The second-order valence-electron chi connectivity index (χ2n) is 13.4. The maximum Gasteiger partial charge on any atom is 0.201 e. The van der Waals surface area contributed by atoms with E-state index >= 15 is 8.78 Å². The highest BCUT2D eigenvalue weighted by Crippen LogP contribution is 2.42. The van der Waals surface area contributed by atoms with Crippen molar-refractivity contribution in [2.75, 3.05) is 6.61 Å². The first-order chi connectivity index (χ1) is 22.5. The van der Waals surface area contributed by atoms with Crippen LogP contribution in [-0.4, -0.2) is 6.61 Å². The highest BCUT2D eigenvalue weighted by atomic mass is 19.2. The summed E-state index contributed by atoms with van der Waals surface area (Å²) in [6.07, 6.45) is 23.4. The van der Waals surface area contributed by atoms with Gasteiger partial charge in [-0.25, -0.2) is 8.78 Å². The molecule has 1 atom stereocenters. The van der Waals surface area contributed by atoms with Crippen molar-refractivity contribution in [1.29, 1.82) is 0 Å². The molecular formula is C42H51F3O. The van der Waals surface area contributed by atoms with E-state index in [2.05, 4.69) is 32.1 Å². The molecule has 246 valence electrons. The van der Waals surface area contributed by atoms with E-state index in [1.807, 2.05) is 12.1 Å². The number of ether oxygens (including phenoxy) is 1. The van der Waals surface area contributed by atoms with E-state index in [-0.39, 0.29) is 17.1 Å². The van der Waals surface area contributed by atoms with Crippen molar-refractivity contribution in [1.82, 2.24) is 0 Å². The molecule has 5 rings (SSSR count). The highest BCUT2D eigenvalue weighted by Gasteiger charge is 2.28. The fraction of sp³-hybridized carbons (Fsp3) is 0.476. The summed E-state index contributed by atoms with van der Waals surface area (Å²) in [5.74, 6) is 0.105. The van der Waals surface area contributed by atoms with Crippen molar-refractivity contribution in [3.8, 4) is 28.0 Å². The number of halogens is 3. The molecule has 0 amide bonds. The van der Waals surface area contributed by atoms with Crippen molar-refractivity contribution in [3.63, 3.8) is 0 Å². The van der Waals surface area contributed by atoms with E-state index in [1.54, 1.807) is 36.4 Å². The first-order valence-electron chi connectivity index (χ1n) is 17.8. The minimum absolute atomic E-state index is 0.0539. The summed E-state index contributed by atoms with van der Waals surface area (Å²) in [6.45, 7) is 4.69. The average molecular weight is 629 g/mol. The number of hydrogen-bond acceptors (Lipinski definition) is 1. The molecule has 46 heavy (non-hydrogen) atoms. The van der Waals surface area contributed by atoms with E-state index in [1.165, 1.54) is 69.4 Å². The Morgan fingerprint density at radius 2 is 1.35 bits per heavy atom. The van der Waals surface area contributed by atoms with E-state index in [9.17, 15) is 4.39 Å². The molecule has 3 aromatic carbocycles. The minimum atomic E-state index is -0.966. The quantitative estimate of drug-likeness (QED) is 0.127. The summed E-state index contributed by atoms with van der Waals surface area (Å²) in [5.41, 5.74) is 4.11. The van der Waals surface area contributed by atoms with Crippen LogP contribution in [0.1, 0.15) is 109 Å². The molecule has 1 nitrogen and oxygen atoms in total. The number of allylic oxidation sites excluding steroid dienone is 4. The third-order valence-electron chi connectivity index (χ3n) is 10.3. The third kappa shape index (κ3) is 8.75. The van der Waals surface area contributed by atoms with Crippen LogP contribution in [0.5, 0.6) is 5.75 Å². The Kier molecular flexibility index (Phi) is 12.6.